The van der Waals surface area contributed by atoms with Crippen molar-refractivity contribution in [3.8, 4) is 5.75 Å². The van der Waals surface area contributed by atoms with Gasteiger partial charge in [0.2, 0.25) is 5.91 Å². The number of amides is 1. The summed E-state index contributed by atoms with van der Waals surface area (Å²) in [5.41, 5.74) is 0.692. The van der Waals surface area contributed by atoms with Gasteiger partial charge in [0.15, 0.2) is 0 Å². The van der Waals surface area contributed by atoms with Gasteiger partial charge in [0.05, 0.1) is 20.1 Å². The molecule has 1 fully saturated rings. The maximum absolute atomic E-state index is 11.8. The van der Waals surface area contributed by atoms with Crippen LogP contribution in [0.3, 0.4) is 0 Å². The lowest BCUT2D eigenvalue weighted by Gasteiger charge is -2.37. The van der Waals surface area contributed by atoms with Gasteiger partial charge >= 0.3 is 5.97 Å². The second-order valence-electron chi connectivity index (χ2n) is 4.94. The van der Waals surface area contributed by atoms with Gasteiger partial charge in [0, 0.05) is 24.8 Å². The number of carbonyl (C=O) groups is 2. The van der Waals surface area contributed by atoms with Gasteiger partial charge in [0.1, 0.15) is 5.75 Å². The van der Waals surface area contributed by atoms with Crippen molar-refractivity contribution in [3.05, 3.63) is 24.3 Å². The van der Waals surface area contributed by atoms with E-state index in [1.165, 1.54) is 0 Å². The Morgan fingerprint density at radius 3 is 2.85 bits per heavy atom. The summed E-state index contributed by atoms with van der Waals surface area (Å²) < 4.78 is 5.08. The second-order valence-corrected chi connectivity index (χ2v) is 4.94. The molecule has 1 aromatic carbocycles. The number of benzene rings is 1. The standard InChI is InChI=1S/C14H18N2O4/c1-20-12-4-2-3-11(6-12)15-13(17)9-16-7-10(8-16)5-14(18)19/h2-4,6,10H,5,7-9H2,1H3,(H,15,17)(H,18,19). The molecule has 0 bridgehead atoms. The summed E-state index contributed by atoms with van der Waals surface area (Å²) in [6.07, 6.45) is 0.175. The maximum Gasteiger partial charge on any atom is 0.303 e. The van der Waals surface area contributed by atoms with E-state index in [2.05, 4.69) is 5.32 Å². The van der Waals surface area contributed by atoms with Gasteiger partial charge in [-0.15, -0.1) is 0 Å². The number of nitrogens with zero attached hydrogens (tertiary/aromatic N) is 1. The van der Waals surface area contributed by atoms with E-state index in [4.69, 9.17) is 9.84 Å². The molecule has 1 saturated heterocycles. The molecule has 108 valence electrons. The van der Waals surface area contributed by atoms with Crippen molar-refractivity contribution >= 4 is 17.6 Å². The van der Waals surface area contributed by atoms with Crippen molar-refractivity contribution in [2.75, 3.05) is 32.1 Å². The predicted octanol–water partition coefficient (Wildman–Crippen LogP) is 1.04. The Labute approximate surface area is 117 Å². The van der Waals surface area contributed by atoms with Crippen LogP contribution in [-0.2, 0) is 9.59 Å². The molecule has 0 radical (unpaired) electrons. The summed E-state index contributed by atoms with van der Waals surface area (Å²) in [6.45, 7) is 1.61. The number of hydrogen-bond donors (Lipinski definition) is 2. The fourth-order valence-corrected chi connectivity index (χ4v) is 2.29. The zero-order chi connectivity index (χ0) is 14.5. The maximum atomic E-state index is 11.8. The van der Waals surface area contributed by atoms with E-state index in [1.807, 2.05) is 11.0 Å². The summed E-state index contributed by atoms with van der Waals surface area (Å²) in [5, 5.41) is 11.4. The van der Waals surface area contributed by atoms with Crippen LogP contribution in [0.15, 0.2) is 24.3 Å². The summed E-state index contributed by atoms with van der Waals surface area (Å²) >= 11 is 0. The molecule has 1 aliphatic rings. The number of carbonyl (C=O) groups excluding carboxylic acids is 1. The summed E-state index contributed by atoms with van der Waals surface area (Å²) in [4.78, 5) is 24.3. The van der Waals surface area contributed by atoms with Crippen LogP contribution in [0.4, 0.5) is 5.69 Å². The number of ether oxygens (including phenoxy) is 1. The smallest absolute Gasteiger partial charge is 0.303 e. The minimum atomic E-state index is -0.782. The molecule has 0 unspecified atom stereocenters. The Kier molecular flexibility index (Phi) is 4.57. The number of carboxylic acid groups (broad SMARTS) is 1. The lowest BCUT2D eigenvalue weighted by Crippen LogP contribution is -2.50. The average molecular weight is 278 g/mol. The Balaban J connectivity index is 1.75. The molecular formula is C14H18N2O4. The highest BCUT2D eigenvalue weighted by Gasteiger charge is 2.29. The molecule has 1 aliphatic heterocycles. The summed E-state index contributed by atoms with van der Waals surface area (Å²) in [6, 6.07) is 7.16. The third-order valence-electron chi connectivity index (χ3n) is 3.22. The number of likely N-dealkylation sites (tertiary alicyclic amines) is 1. The average Bonchev–Trinajstić information content (AvgIpc) is 2.36. The van der Waals surface area contributed by atoms with Crippen LogP contribution < -0.4 is 10.1 Å². The third-order valence-corrected chi connectivity index (χ3v) is 3.22. The van der Waals surface area contributed by atoms with E-state index in [-0.39, 0.29) is 24.8 Å². The number of hydrogen-bond acceptors (Lipinski definition) is 4. The van der Waals surface area contributed by atoms with Crippen molar-refractivity contribution in [1.29, 1.82) is 0 Å². The monoisotopic (exact) mass is 278 g/mol. The zero-order valence-corrected chi connectivity index (χ0v) is 11.3. The number of rotatable bonds is 6. The first-order chi connectivity index (χ1) is 9.56. The number of carboxylic acids is 1. The van der Waals surface area contributed by atoms with E-state index < -0.39 is 5.97 Å². The summed E-state index contributed by atoms with van der Waals surface area (Å²) in [7, 11) is 1.57. The SMILES string of the molecule is COc1cccc(NC(=O)CN2CC(CC(=O)O)C2)c1. The summed E-state index contributed by atoms with van der Waals surface area (Å²) in [5.74, 6) is -0.0344. The number of methoxy groups -OCH3 is 1. The first kappa shape index (κ1) is 14.3. The van der Waals surface area contributed by atoms with Gasteiger partial charge in [-0.25, -0.2) is 0 Å². The molecule has 0 saturated carbocycles. The van der Waals surface area contributed by atoms with E-state index >= 15 is 0 Å². The lowest BCUT2D eigenvalue weighted by molar-refractivity contribution is -0.139. The largest absolute Gasteiger partial charge is 0.497 e. The predicted molar refractivity (Wildman–Crippen MR) is 73.8 cm³/mol. The van der Waals surface area contributed by atoms with E-state index in [0.29, 0.717) is 24.5 Å². The Bertz CT molecular complexity index is 498. The Morgan fingerprint density at radius 2 is 2.20 bits per heavy atom. The van der Waals surface area contributed by atoms with Crippen LogP contribution in [0, 0.1) is 5.92 Å². The topological polar surface area (TPSA) is 78.9 Å². The Hall–Kier alpha value is -2.08. The van der Waals surface area contributed by atoms with Crippen LogP contribution in [0.2, 0.25) is 0 Å². The van der Waals surface area contributed by atoms with Crippen LogP contribution >= 0.6 is 0 Å². The number of anilines is 1. The van der Waals surface area contributed by atoms with Crippen molar-refractivity contribution in [1.82, 2.24) is 4.90 Å². The van der Waals surface area contributed by atoms with E-state index in [9.17, 15) is 9.59 Å². The first-order valence-electron chi connectivity index (χ1n) is 6.45. The van der Waals surface area contributed by atoms with Crippen molar-refractivity contribution in [2.24, 2.45) is 5.92 Å². The fourth-order valence-electron chi connectivity index (χ4n) is 2.29. The fraction of sp³-hybridized carbons (Fsp3) is 0.429. The quantitative estimate of drug-likeness (QED) is 0.813. The van der Waals surface area contributed by atoms with Gasteiger partial charge in [-0.3, -0.25) is 14.5 Å². The molecular weight excluding hydrogens is 260 g/mol. The third kappa shape index (κ3) is 3.96. The lowest BCUT2D eigenvalue weighted by atomic mass is 9.96. The zero-order valence-electron chi connectivity index (χ0n) is 11.3. The molecule has 2 rings (SSSR count). The number of aliphatic carboxylic acids is 1. The van der Waals surface area contributed by atoms with Crippen molar-refractivity contribution in [2.45, 2.75) is 6.42 Å². The van der Waals surface area contributed by atoms with Crippen LogP contribution in [-0.4, -0.2) is 48.6 Å². The van der Waals surface area contributed by atoms with Gasteiger partial charge < -0.3 is 15.2 Å². The van der Waals surface area contributed by atoms with E-state index in [0.717, 1.165) is 0 Å². The first-order valence-corrected chi connectivity index (χ1v) is 6.45. The highest BCUT2D eigenvalue weighted by atomic mass is 16.5. The molecule has 6 nitrogen and oxygen atoms in total. The molecule has 0 aliphatic carbocycles. The van der Waals surface area contributed by atoms with Crippen LogP contribution in [0.5, 0.6) is 5.75 Å². The normalized spacial score (nSPS) is 15.4. The second kappa shape index (κ2) is 6.38. The molecule has 6 heteroatoms. The molecule has 2 N–H and O–H groups in total. The van der Waals surface area contributed by atoms with Crippen molar-refractivity contribution < 1.29 is 19.4 Å². The van der Waals surface area contributed by atoms with Gasteiger partial charge in [-0.05, 0) is 18.1 Å². The highest BCUT2D eigenvalue weighted by molar-refractivity contribution is 5.92. The Morgan fingerprint density at radius 1 is 1.45 bits per heavy atom. The van der Waals surface area contributed by atoms with Gasteiger partial charge in [-0.1, -0.05) is 6.07 Å². The van der Waals surface area contributed by atoms with E-state index in [1.54, 1.807) is 25.3 Å². The number of nitrogens with one attached hydrogen (secondary N) is 1. The van der Waals surface area contributed by atoms with Crippen LogP contribution in [0.25, 0.3) is 0 Å². The van der Waals surface area contributed by atoms with Crippen molar-refractivity contribution in [3.63, 3.8) is 0 Å². The highest BCUT2D eigenvalue weighted by Crippen LogP contribution is 2.19. The van der Waals surface area contributed by atoms with Gasteiger partial charge in [-0.2, -0.15) is 0 Å². The molecule has 0 aromatic heterocycles. The van der Waals surface area contributed by atoms with Crippen LogP contribution in [0.1, 0.15) is 6.42 Å². The minimum absolute atomic E-state index is 0.105. The molecule has 20 heavy (non-hydrogen) atoms. The van der Waals surface area contributed by atoms with Gasteiger partial charge in [0.25, 0.3) is 0 Å². The molecule has 1 aromatic rings. The minimum Gasteiger partial charge on any atom is -0.497 e. The molecule has 1 amide bonds. The molecule has 0 spiro atoms. The molecule has 0 atom stereocenters. The molecule has 1 heterocycles.